The molecule has 1 fully saturated rings. The van der Waals surface area contributed by atoms with Crippen LogP contribution >= 0.6 is 0 Å². The van der Waals surface area contributed by atoms with Crippen LogP contribution in [0.4, 0.5) is 4.79 Å². The number of hydrogen-bond acceptors (Lipinski definition) is 3. The van der Waals surface area contributed by atoms with Gasteiger partial charge in [-0.05, 0) is 41.0 Å². The van der Waals surface area contributed by atoms with Crippen molar-refractivity contribution in [3.05, 3.63) is 25.3 Å². The second-order valence-corrected chi connectivity index (χ2v) is 6.20. The van der Waals surface area contributed by atoms with Gasteiger partial charge in [-0.1, -0.05) is 12.2 Å². The molecule has 0 N–H and O–H groups in total. The van der Waals surface area contributed by atoms with Crippen LogP contribution in [0, 0.1) is 0 Å². The van der Waals surface area contributed by atoms with Gasteiger partial charge < -0.3 is 9.47 Å². The number of carbonyl (C=O) groups excluding carboxylic acids is 1. The molecule has 4 heteroatoms. The Bertz CT molecular complexity index is 368. The van der Waals surface area contributed by atoms with Gasteiger partial charge in [-0.3, -0.25) is 4.90 Å². The lowest BCUT2D eigenvalue weighted by atomic mass is 10.1. The van der Waals surface area contributed by atoms with Gasteiger partial charge >= 0.3 is 6.09 Å². The van der Waals surface area contributed by atoms with Crippen molar-refractivity contribution < 1.29 is 14.3 Å². The van der Waals surface area contributed by atoms with Crippen LogP contribution in [0.15, 0.2) is 25.3 Å². The van der Waals surface area contributed by atoms with Crippen LogP contribution in [-0.2, 0) is 9.47 Å². The normalized spacial score (nSPS) is 26.1. The van der Waals surface area contributed by atoms with Crippen LogP contribution in [0.2, 0.25) is 0 Å². The maximum absolute atomic E-state index is 12.3. The molecule has 1 aliphatic rings. The standard InChI is InChI=1S/C15H25NO3/c1-8-10-12-11(9-2)16(15(6,7)18-12)13(17)19-14(3,4)5/h8-9,11-12H,1-2,10H2,3-7H3/t11-,12-/m1/s1. The molecular weight excluding hydrogens is 242 g/mol. The Kier molecular flexibility index (Phi) is 4.46. The first kappa shape index (κ1) is 15.8. The zero-order valence-electron chi connectivity index (χ0n) is 12.6. The molecule has 1 saturated heterocycles. The summed E-state index contributed by atoms with van der Waals surface area (Å²) in [7, 11) is 0. The van der Waals surface area contributed by atoms with Gasteiger partial charge in [0, 0.05) is 0 Å². The molecule has 0 radical (unpaired) electrons. The molecule has 19 heavy (non-hydrogen) atoms. The fourth-order valence-corrected chi connectivity index (χ4v) is 2.28. The average Bonchev–Trinajstić information content (AvgIpc) is 2.46. The zero-order valence-corrected chi connectivity index (χ0v) is 12.6. The monoisotopic (exact) mass is 267 g/mol. The highest BCUT2D eigenvalue weighted by Crippen LogP contribution is 2.35. The highest BCUT2D eigenvalue weighted by Gasteiger charge is 2.49. The molecule has 0 aromatic carbocycles. The van der Waals surface area contributed by atoms with Crippen molar-refractivity contribution in [2.75, 3.05) is 0 Å². The van der Waals surface area contributed by atoms with Gasteiger partial charge in [0.25, 0.3) is 0 Å². The maximum Gasteiger partial charge on any atom is 0.413 e. The first-order chi connectivity index (χ1) is 8.62. The summed E-state index contributed by atoms with van der Waals surface area (Å²) in [5.74, 6) is 0. The molecule has 0 aliphatic carbocycles. The molecule has 0 bridgehead atoms. The van der Waals surface area contributed by atoms with Gasteiger partial charge in [-0.2, -0.15) is 0 Å². The first-order valence-corrected chi connectivity index (χ1v) is 6.56. The van der Waals surface area contributed by atoms with E-state index in [0.717, 1.165) is 0 Å². The molecule has 1 rings (SSSR count). The number of hydrogen-bond donors (Lipinski definition) is 0. The lowest BCUT2D eigenvalue weighted by Gasteiger charge is -2.34. The van der Waals surface area contributed by atoms with Gasteiger partial charge in [0.05, 0.1) is 12.1 Å². The molecule has 0 unspecified atom stereocenters. The minimum absolute atomic E-state index is 0.127. The first-order valence-electron chi connectivity index (χ1n) is 6.56. The van der Waals surface area contributed by atoms with Crippen molar-refractivity contribution in [3.8, 4) is 0 Å². The third kappa shape index (κ3) is 3.60. The van der Waals surface area contributed by atoms with Gasteiger partial charge in [-0.15, -0.1) is 13.2 Å². The zero-order chi connectivity index (χ0) is 14.8. The minimum Gasteiger partial charge on any atom is -0.444 e. The van der Waals surface area contributed by atoms with Crippen LogP contribution in [0.1, 0.15) is 41.0 Å². The van der Waals surface area contributed by atoms with Gasteiger partial charge in [-0.25, -0.2) is 4.79 Å². The molecule has 4 nitrogen and oxygen atoms in total. The smallest absolute Gasteiger partial charge is 0.413 e. The van der Waals surface area contributed by atoms with Crippen LogP contribution in [0.25, 0.3) is 0 Å². The molecule has 0 aromatic rings. The van der Waals surface area contributed by atoms with E-state index in [2.05, 4.69) is 13.2 Å². The van der Waals surface area contributed by atoms with Crippen molar-refractivity contribution in [1.82, 2.24) is 4.90 Å². The third-order valence-electron chi connectivity index (χ3n) is 2.93. The van der Waals surface area contributed by atoms with Crippen LogP contribution in [0.3, 0.4) is 0 Å². The summed E-state index contributed by atoms with van der Waals surface area (Å²) in [6.07, 6.45) is 3.67. The molecule has 1 amide bonds. The fourth-order valence-electron chi connectivity index (χ4n) is 2.28. The van der Waals surface area contributed by atoms with Crippen molar-refractivity contribution in [1.29, 1.82) is 0 Å². The van der Waals surface area contributed by atoms with Gasteiger partial charge in [0.2, 0.25) is 0 Å². The lowest BCUT2D eigenvalue weighted by Crippen LogP contribution is -2.49. The summed E-state index contributed by atoms with van der Waals surface area (Å²) in [6, 6.07) is -0.206. The van der Waals surface area contributed by atoms with E-state index in [0.29, 0.717) is 6.42 Å². The average molecular weight is 267 g/mol. The van der Waals surface area contributed by atoms with E-state index in [1.807, 2.05) is 34.6 Å². The summed E-state index contributed by atoms with van der Waals surface area (Å²) in [5.41, 5.74) is -1.25. The summed E-state index contributed by atoms with van der Waals surface area (Å²) in [6.45, 7) is 16.8. The largest absolute Gasteiger partial charge is 0.444 e. The highest BCUT2D eigenvalue weighted by atomic mass is 16.6. The SMILES string of the molecule is C=CC[C@H]1OC(C)(C)N(C(=O)OC(C)(C)C)[C@@H]1C=C. The Morgan fingerprint density at radius 2 is 2.00 bits per heavy atom. The summed E-state index contributed by atoms with van der Waals surface area (Å²) < 4.78 is 11.4. The van der Waals surface area contributed by atoms with Crippen molar-refractivity contribution >= 4 is 6.09 Å². The van der Waals surface area contributed by atoms with E-state index in [1.165, 1.54) is 0 Å². The van der Waals surface area contributed by atoms with Crippen LogP contribution in [-0.4, -0.2) is 34.5 Å². The number of carbonyl (C=O) groups is 1. The predicted octanol–water partition coefficient (Wildman–Crippen LogP) is 3.49. The third-order valence-corrected chi connectivity index (χ3v) is 2.93. The van der Waals surface area contributed by atoms with Crippen molar-refractivity contribution in [2.45, 2.75) is 64.5 Å². The topological polar surface area (TPSA) is 38.8 Å². The Hall–Kier alpha value is -1.29. The summed E-state index contributed by atoms with van der Waals surface area (Å²) in [5, 5.41) is 0. The minimum atomic E-state index is -0.713. The van der Waals surface area contributed by atoms with E-state index in [-0.39, 0.29) is 18.2 Å². The molecule has 1 heterocycles. The Morgan fingerprint density at radius 1 is 1.42 bits per heavy atom. The van der Waals surface area contributed by atoms with E-state index >= 15 is 0 Å². The summed E-state index contributed by atoms with van der Waals surface area (Å²) in [4.78, 5) is 14.0. The quantitative estimate of drug-likeness (QED) is 0.735. The van der Waals surface area contributed by atoms with Crippen molar-refractivity contribution in [3.63, 3.8) is 0 Å². The van der Waals surface area contributed by atoms with Crippen LogP contribution < -0.4 is 0 Å². The Labute approximate surface area is 116 Å². The molecule has 1 aliphatic heterocycles. The van der Waals surface area contributed by atoms with Crippen LogP contribution in [0.5, 0.6) is 0 Å². The second kappa shape index (κ2) is 5.37. The molecular formula is C15H25NO3. The van der Waals surface area contributed by atoms with E-state index in [4.69, 9.17) is 9.47 Å². The Morgan fingerprint density at radius 3 is 2.42 bits per heavy atom. The molecule has 108 valence electrons. The molecule has 0 aromatic heterocycles. The summed E-state index contributed by atoms with van der Waals surface area (Å²) >= 11 is 0. The van der Waals surface area contributed by atoms with E-state index in [9.17, 15) is 4.79 Å². The molecule has 0 saturated carbocycles. The predicted molar refractivity (Wildman–Crippen MR) is 75.8 cm³/mol. The molecule has 0 spiro atoms. The molecule has 2 atom stereocenters. The van der Waals surface area contributed by atoms with E-state index in [1.54, 1.807) is 17.1 Å². The Balaban J connectivity index is 2.98. The van der Waals surface area contributed by atoms with E-state index < -0.39 is 11.3 Å². The van der Waals surface area contributed by atoms with Crippen molar-refractivity contribution in [2.24, 2.45) is 0 Å². The number of rotatable bonds is 3. The lowest BCUT2D eigenvalue weighted by molar-refractivity contribution is -0.0777. The number of amides is 1. The second-order valence-electron chi connectivity index (χ2n) is 6.20. The fraction of sp³-hybridized carbons (Fsp3) is 0.667. The highest BCUT2D eigenvalue weighted by molar-refractivity contribution is 5.70. The van der Waals surface area contributed by atoms with Gasteiger partial charge in [0.1, 0.15) is 11.3 Å². The number of nitrogens with zero attached hydrogens (tertiary/aromatic N) is 1. The number of ether oxygens (including phenoxy) is 2. The maximum atomic E-state index is 12.3. The van der Waals surface area contributed by atoms with Gasteiger partial charge in [0.15, 0.2) is 0 Å².